The molecule has 0 amide bonds. The second-order valence-corrected chi connectivity index (χ2v) is 7.50. The molecule has 0 saturated heterocycles. The van der Waals surface area contributed by atoms with E-state index in [9.17, 15) is 4.39 Å². The lowest BCUT2D eigenvalue weighted by Crippen LogP contribution is -1.89. The van der Waals surface area contributed by atoms with Gasteiger partial charge in [0.2, 0.25) is 0 Å². The molecule has 3 N–H and O–H groups in total. The summed E-state index contributed by atoms with van der Waals surface area (Å²) >= 11 is 0. The fraction of sp³-hybridized carbons (Fsp3) is 0.0417. The zero-order valence-corrected chi connectivity index (χ0v) is 17.0. The molecule has 32 heavy (non-hydrogen) atoms. The van der Waals surface area contributed by atoms with Gasteiger partial charge < -0.3 is 9.72 Å². The molecule has 156 valence electrons. The number of aromatic amines is 3. The van der Waals surface area contributed by atoms with E-state index in [4.69, 9.17) is 4.74 Å². The van der Waals surface area contributed by atoms with Crippen LogP contribution in [0.3, 0.4) is 0 Å². The van der Waals surface area contributed by atoms with Crippen LogP contribution in [0.15, 0.2) is 67.1 Å². The van der Waals surface area contributed by atoms with Crippen LogP contribution in [-0.4, -0.2) is 37.5 Å². The summed E-state index contributed by atoms with van der Waals surface area (Å²) in [4.78, 5) is 7.95. The van der Waals surface area contributed by atoms with Crippen LogP contribution in [0.4, 0.5) is 4.39 Å². The molecule has 7 nitrogen and oxygen atoms in total. The van der Waals surface area contributed by atoms with E-state index in [1.165, 1.54) is 19.2 Å². The minimum Gasteiger partial charge on any atom is -0.497 e. The highest BCUT2D eigenvalue weighted by molar-refractivity contribution is 6.00. The highest BCUT2D eigenvalue weighted by Gasteiger charge is 2.16. The standard InChI is InChI=1S/C24H17FN6O/c1-32-17-7-14(6-16(25)9-17)23-19-10-22(29-20(19)4-5-26-23)24-18-8-13(15-11-27-28-12-15)2-3-21(18)30-31-24/h2-12,29H,1H3,(H,27,28)(H,30,31). The summed E-state index contributed by atoms with van der Waals surface area (Å²) in [6.07, 6.45) is 5.35. The van der Waals surface area contributed by atoms with Crippen LogP contribution in [0, 0.1) is 5.82 Å². The van der Waals surface area contributed by atoms with Crippen molar-refractivity contribution >= 4 is 21.8 Å². The van der Waals surface area contributed by atoms with E-state index in [1.54, 1.807) is 18.5 Å². The normalized spacial score (nSPS) is 11.4. The molecule has 4 heterocycles. The predicted octanol–water partition coefficient (Wildman–Crippen LogP) is 5.31. The molecule has 0 aliphatic heterocycles. The lowest BCUT2D eigenvalue weighted by Gasteiger charge is -2.06. The van der Waals surface area contributed by atoms with Gasteiger partial charge >= 0.3 is 0 Å². The van der Waals surface area contributed by atoms with Crippen molar-refractivity contribution in [1.29, 1.82) is 0 Å². The molecule has 8 heteroatoms. The van der Waals surface area contributed by atoms with Crippen molar-refractivity contribution in [3.63, 3.8) is 0 Å². The summed E-state index contributed by atoms with van der Waals surface area (Å²) in [7, 11) is 1.52. The lowest BCUT2D eigenvalue weighted by atomic mass is 10.0. The van der Waals surface area contributed by atoms with Crippen molar-refractivity contribution in [2.45, 2.75) is 0 Å². The van der Waals surface area contributed by atoms with E-state index < -0.39 is 0 Å². The number of pyridine rings is 1. The highest BCUT2D eigenvalue weighted by Crippen LogP contribution is 2.35. The van der Waals surface area contributed by atoms with Crippen LogP contribution in [0.1, 0.15) is 0 Å². The van der Waals surface area contributed by atoms with E-state index in [2.05, 4.69) is 36.4 Å². The van der Waals surface area contributed by atoms with Crippen molar-refractivity contribution in [1.82, 2.24) is 30.4 Å². The van der Waals surface area contributed by atoms with Crippen molar-refractivity contribution in [2.75, 3.05) is 7.11 Å². The number of benzene rings is 2. The number of rotatable bonds is 4. The zero-order chi connectivity index (χ0) is 21.7. The molecule has 0 radical (unpaired) electrons. The van der Waals surface area contributed by atoms with Gasteiger partial charge in [-0.25, -0.2) is 4.39 Å². The number of fused-ring (bicyclic) bond motifs is 2. The number of halogens is 1. The van der Waals surface area contributed by atoms with Gasteiger partial charge in [0.25, 0.3) is 0 Å². The lowest BCUT2D eigenvalue weighted by molar-refractivity contribution is 0.411. The SMILES string of the molecule is COc1cc(F)cc(-c2nccc3[nH]c(-c4n[nH]c5ccc(-c6cn[nH]c6)cc45)cc23)c1. The van der Waals surface area contributed by atoms with Crippen LogP contribution in [0.2, 0.25) is 0 Å². The first-order valence-electron chi connectivity index (χ1n) is 10.00. The Morgan fingerprint density at radius 2 is 1.78 bits per heavy atom. The Morgan fingerprint density at radius 1 is 0.875 bits per heavy atom. The molecule has 6 aromatic rings. The number of nitrogens with zero attached hydrogens (tertiary/aromatic N) is 3. The summed E-state index contributed by atoms with van der Waals surface area (Å²) in [5.41, 5.74) is 6.81. The average molecular weight is 424 g/mol. The molecule has 4 aromatic heterocycles. The number of aromatic nitrogens is 6. The summed E-state index contributed by atoms with van der Waals surface area (Å²) < 4.78 is 19.3. The number of hydrogen-bond donors (Lipinski definition) is 3. The Kier molecular flexibility index (Phi) is 4.04. The summed E-state index contributed by atoms with van der Waals surface area (Å²) in [6, 6.07) is 14.6. The fourth-order valence-electron chi connectivity index (χ4n) is 4.04. The first-order valence-corrected chi connectivity index (χ1v) is 10.00. The topological polar surface area (TPSA) is 95.3 Å². The van der Waals surface area contributed by atoms with Crippen molar-refractivity contribution in [3.8, 4) is 39.5 Å². The van der Waals surface area contributed by atoms with Crippen LogP contribution in [0.5, 0.6) is 5.75 Å². The molecule has 6 rings (SSSR count). The van der Waals surface area contributed by atoms with Gasteiger partial charge in [0.15, 0.2) is 0 Å². The summed E-state index contributed by atoms with van der Waals surface area (Å²) in [5, 5.41) is 16.4. The number of H-pyrrole nitrogens is 3. The van der Waals surface area contributed by atoms with Crippen LogP contribution in [-0.2, 0) is 0 Å². The van der Waals surface area contributed by atoms with Crippen LogP contribution < -0.4 is 4.74 Å². The maximum absolute atomic E-state index is 14.1. The second-order valence-electron chi connectivity index (χ2n) is 7.50. The minimum absolute atomic E-state index is 0.376. The van der Waals surface area contributed by atoms with Crippen molar-refractivity contribution in [2.24, 2.45) is 0 Å². The summed E-state index contributed by atoms with van der Waals surface area (Å²) in [5.74, 6) is 0.0682. The molecule has 0 unspecified atom stereocenters. The Labute approximate surface area is 181 Å². The quantitative estimate of drug-likeness (QED) is 0.357. The molecular weight excluding hydrogens is 407 g/mol. The van der Waals surface area contributed by atoms with Crippen molar-refractivity contribution < 1.29 is 9.13 Å². The first-order chi connectivity index (χ1) is 15.7. The maximum Gasteiger partial charge on any atom is 0.127 e. The van der Waals surface area contributed by atoms with Crippen LogP contribution in [0.25, 0.3) is 55.6 Å². The number of ether oxygens (including phenoxy) is 1. The van der Waals surface area contributed by atoms with Gasteiger partial charge in [0, 0.05) is 45.9 Å². The first kappa shape index (κ1) is 18.3. The molecule has 0 fully saturated rings. The number of nitrogens with one attached hydrogen (secondary N) is 3. The van der Waals surface area contributed by atoms with Gasteiger partial charge in [-0.15, -0.1) is 0 Å². The molecule has 0 bridgehead atoms. The van der Waals surface area contributed by atoms with Gasteiger partial charge in [-0.05, 0) is 42.0 Å². The maximum atomic E-state index is 14.1. The Balaban J connectivity index is 1.51. The zero-order valence-electron chi connectivity index (χ0n) is 17.0. The molecule has 0 atom stereocenters. The van der Waals surface area contributed by atoms with E-state index in [-0.39, 0.29) is 5.82 Å². The van der Waals surface area contributed by atoms with E-state index in [1.807, 2.05) is 30.5 Å². The van der Waals surface area contributed by atoms with E-state index in [0.29, 0.717) is 17.0 Å². The van der Waals surface area contributed by atoms with Gasteiger partial charge in [-0.2, -0.15) is 10.2 Å². The minimum atomic E-state index is -0.376. The van der Waals surface area contributed by atoms with Crippen LogP contribution >= 0.6 is 0 Å². The van der Waals surface area contributed by atoms with Crippen molar-refractivity contribution in [3.05, 3.63) is 72.9 Å². The van der Waals surface area contributed by atoms with E-state index in [0.717, 1.165) is 44.3 Å². The molecule has 0 aliphatic carbocycles. The number of methoxy groups -OCH3 is 1. The Bertz CT molecular complexity index is 1580. The second kappa shape index (κ2) is 7.05. The molecule has 2 aromatic carbocycles. The van der Waals surface area contributed by atoms with Gasteiger partial charge in [-0.3, -0.25) is 15.2 Å². The average Bonchev–Trinajstić information content (AvgIpc) is 3.56. The van der Waals surface area contributed by atoms with E-state index >= 15 is 0 Å². The summed E-state index contributed by atoms with van der Waals surface area (Å²) in [6.45, 7) is 0. The number of hydrogen-bond acceptors (Lipinski definition) is 4. The third-order valence-corrected chi connectivity index (χ3v) is 5.58. The smallest absolute Gasteiger partial charge is 0.127 e. The third-order valence-electron chi connectivity index (χ3n) is 5.58. The Hall–Kier alpha value is -4.46. The molecule has 0 aliphatic rings. The molecular formula is C24H17FN6O. The highest BCUT2D eigenvalue weighted by atomic mass is 19.1. The largest absolute Gasteiger partial charge is 0.497 e. The molecule has 0 spiro atoms. The molecule has 0 saturated carbocycles. The third kappa shape index (κ3) is 2.92. The van der Waals surface area contributed by atoms with Gasteiger partial charge in [0.1, 0.15) is 17.3 Å². The Morgan fingerprint density at radius 3 is 2.62 bits per heavy atom. The fourth-order valence-corrected chi connectivity index (χ4v) is 4.04. The predicted molar refractivity (Wildman–Crippen MR) is 121 cm³/mol. The monoisotopic (exact) mass is 424 g/mol. The van der Waals surface area contributed by atoms with Gasteiger partial charge in [-0.1, -0.05) is 6.07 Å². The van der Waals surface area contributed by atoms with Gasteiger partial charge in [0.05, 0.1) is 30.2 Å².